The third kappa shape index (κ3) is 3.27. The normalized spacial score (nSPS) is 10.5. The van der Waals surface area contributed by atoms with E-state index in [2.05, 4.69) is 53.2 Å². The smallest absolute Gasteiger partial charge is 0.0461 e. The number of nitrogens with two attached hydrogens (primary N) is 1. The summed E-state index contributed by atoms with van der Waals surface area (Å²) in [6.07, 6.45) is 0. The molecule has 2 N–H and O–H groups in total. The highest BCUT2D eigenvalue weighted by Gasteiger charge is 2.03. The molecule has 0 saturated carbocycles. The minimum Gasteiger partial charge on any atom is -0.398 e. The van der Waals surface area contributed by atoms with Crippen molar-refractivity contribution in [1.82, 2.24) is 0 Å². The molecule has 0 aliphatic carbocycles. The first-order valence-corrected chi connectivity index (χ1v) is 7.17. The van der Waals surface area contributed by atoms with Crippen molar-refractivity contribution in [2.45, 2.75) is 17.6 Å². The molecule has 0 spiro atoms. The first-order valence-electron chi connectivity index (χ1n) is 5.39. The van der Waals surface area contributed by atoms with Crippen LogP contribution in [-0.2, 0) is 5.75 Å². The summed E-state index contributed by atoms with van der Waals surface area (Å²) >= 11 is 5.35. The molecule has 1 nitrogen and oxygen atoms in total. The Kier molecular flexibility index (Phi) is 4.13. The van der Waals surface area contributed by atoms with Crippen LogP contribution in [0.25, 0.3) is 0 Å². The second kappa shape index (κ2) is 5.61. The third-order valence-electron chi connectivity index (χ3n) is 2.49. The lowest BCUT2D eigenvalue weighted by Gasteiger charge is -2.07. The summed E-state index contributed by atoms with van der Waals surface area (Å²) in [6.45, 7) is 2.11. The van der Waals surface area contributed by atoms with Gasteiger partial charge in [-0.05, 0) is 46.6 Å². The summed E-state index contributed by atoms with van der Waals surface area (Å²) in [7, 11) is 0. The van der Waals surface area contributed by atoms with E-state index in [4.69, 9.17) is 5.73 Å². The molecular weight excluding hydrogens is 294 g/mol. The lowest BCUT2D eigenvalue weighted by molar-refractivity contribution is 1.33. The fraction of sp³-hybridized carbons (Fsp3) is 0.143. The van der Waals surface area contributed by atoms with Gasteiger partial charge in [-0.15, -0.1) is 11.8 Å². The lowest BCUT2D eigenvalue weighted by Crippen LogP contribution is -1.90. The molecule has 0 heterocycles. The Labute approximate surface area is 115 Å². The van der Waals surface area contributed by atoms with E-state index in [9.17, 15) is 0 Å². The van der Waals surface area contributed by atoms with Gasteiger partial charge >= 0.3 is 0 Å². The van der Waals surface area contributed by atoms with Crippen LogP contribution in [0.5, 0.6) is 0 Å². The standard InChI is InChI=1S/C14H14BrNS/c1-10-4-2-6-12(8-10)17-9-11-5-3-7-13(16)14(11)15/h2-8H,9,16H2,1H3. The molecule has 2 aromatic rings. The van der Waals surface area contributed by atoms with Gasteiger partial charge in [0.25, 0.3) is 0 Å². The van der Waals surface area contributed by atoms with E-state index in [0.717, 1.165) is 15.9 Å². The predicted molar refractivity (Wildman–Crippen MR) is 79.3 cm³/mol. The van der Waals surface area contributed by atoms with Gasteiger partial charge in [-0.3, -0.25) is 0 Å². The molecule has 0 bridgehead atoms. The summed E-state index contributed by atoms with van der Waals surface area (Å²) in [5.74, 6) is 0.926. The molecule has 0 aliphatic rings. The van der Waals surface area contributed by atoms with Crippen molar-refractivity contribution >= 4 is 33.4 Å². The minimum absolute atomic E-state index is 0.798. The SMILES string of the molecule is Cc1cccc(SCc2cccc(N)c2Br)c1. The second-order valence-corrected chi connectivity index (χ2v) is 5.77. The molecule has 2 aromatic carbocycles. The zero-order chi connectivity index (χ0) is 12.3. The molecule has 3 heteroatoms. The molecule has 0 atom stereocenters. The number of benzene rings is 2. The van der Waals surface area contributed by atoms with Crippen molar-refractivity contribution in [1.29, 1.82) is 0 Å². The Balaban J connectivity index is 2.10. The number of rotatable bonds is 3. The monoisotopic (exact) mass is 307 g/mol. The van der Waals surface area contributed by atoms with Crippen LogP contribution >= 0.6 is 27.7 Å². The first kappa shape index (κ1) is 12.5. The molecule has 0 aliphatic heterocycles. The molecule has 88 valence electrons. The summed E-state index contributed by atoms with van der Waals surface area (Å²) in [5, 5.41) is 0. The maximum absolute atomic E-state index is 5.86. The van der Waals surface area contributed by atoms with E-state index < -0.39 is 0 Å². The maximum atomic E-state index is 5.86. The average Bonchev–Trinajstić information content (AvgIpc) is 2.31. The number of hydrogen-bond acceptors (Lipinski definition) is 2. The molecule has 0 aromatic heterocycles. The van der Waals surface area contributed by atoms with E-state index in [1.165, 1.54) is 16.0 Å². The number of anilines is 1. The Bertz CT molecular complexity index is 525. The van der Waals surface area contributed by atoms with E-state index in [0.29, 0.717) is 0 Å². The number of thioether (sulfide) groups is 1. The van der Waals surface area contributed by atoms with Crippen molar-refractivity contribution in [2.24, 2.45) is 0 Å². The van der Waals surface area contributed by atoms with Gasteiger partial charge in [-0.2, -0.15) is 0 Å². The Hall–Kier alpha value is -0.930. The quantitative estimate of drug-likeness (QED) is 0.661. The zero-order valence-electron chi connectivity index (χ0n) is 9.61. The van der Waals surface area contributed by atoms with Crippen LogP contribution in [0.15, 0.2) is 51.8 Å². The molecule has 17 heavy (non-hydrogen) atoms. The number of hydrogen-bond donors (Lipinski definition) is 1. The van der Waals surface area contributed by atoms with Crippen molar-refractivity contribution in [2.75, 3.05) is 5.73 Å². The molecule has 0 fully saturated rings. The van der Waals surface area contributed by atoms with Crippen LogP contribution in [0.1, 0.15) is 11.1 Å². The van der Waals surface area contributed by atoms with Gasteiger partial charge in [0.2, 0.25) is 0 Å². The van der Waals surface area contributed by atoms with Gasteiger partial charge in [0.05, 0.1) is 0 Å². The Morgan fingerprint density at radius 3 is 2.71 bits per heavy atom. The van der Waals surface area contributed by atoms with Crippen LogP contribution in [0.3, 0.4) is 0 Å². The molecule has 0 saturated heterocycles. The second-order valence-electron chi connectivity index (χ2n) is 3.93. The van der Waals surface area contributed by atoms with Crippen molar-refractivity contribution < 1.29 is 0 Å². The van der Waals surface area contributed by atoms with Crippen LogP contribution in [-0.4, -0.2) is 0 Å². The summed E-state index contributed by atoms with van der Waals surface area (Å²) in [6, 6.07) is 14.5. The largest absolute Gasteiger partial charge is 0.398 e. The first-order chi connectivity index (χ1) is 8.16. The molecule has 0 unspecified atom stereocenters. The van der Waals surface area contributed by atoms with Gasteiger partial charge in [-0.1, -0.05) is 29.8 Å². The highest BCUT2D eigenvalue weighted by Crippen LogP contribution is 2.30. The predicted octanol–water partition coefficient (Wildman–Crippen LogP) is 4.63. The topological polar surface area (TPSA) is 26.0 Å². The average molecular weight is 308 g/mol. The summed E-state index contributed by atoms with van der Waals surface area (Å²) in [5.41, 5.74) is 9.18. The van der Waals surface area contributed by atoms with Crippen molar-refractivity contribution in [3.8, 4) is 0 Å². The fourth-order valence-corrected chi connectivity index (χ4v) is 3.17. The maximum Gasteiger partial charge on any atom is 0.0461 e. The van der Waals surface area contributed by atoms with E-state index in [1.54, 1.807) is 0 Å². The molecule has 0 amide bonds. The van der Waals surface area contributed by atoms with Gasteiger partial charge in [0.15, 0.2) is 0 Å². The van der Waals surface area contributed by atoms with Crippen molar-refractivity contribution in [3.05, 3.63) is 58.1 Å². The van der Waals surface area contributed by atoms with E-state index >= 15 is 0 Å². The van der Waals surface area contributed by atoms with Crippen LogP contribution < -0.4 is 5.73 Å². The fourth-order valence-electron chi connectivity index (χ4n) is 1.58. The molecular formula is C14H14BrNS. The lowest BCUT2D eigenvalue weighted by atomic mass is 10.2. The van der Waals surface area contributed by atoms with E-state index in [1.807, 2.05) is 23.9 Å². The number of nitrogen functional groups attached to an aromatic ring is 1. The third-order valence-corrected chi connectivity index (χ3v) is 4.50. The van der Waals surface area contributed by atoms with Crippen LogP contribution in [0, 0.1) is 6.92 Å². The highest BCUT2D eigenvalue weighted by molar-refractivity contribution is 9.10. The van der Waals surface area contributed by atoms with Crippen molar-refractivity contribution in [3.63, 3.8) is 0 Å². The van der Waals surface area contributed by atoms with Crippen LogP contribution in [0.4, 0.5) is 5.69 Å². The van der Waals surface area contributed by atoms with E-state index in [-0.39, 0.29) is 0 Å². The zero-order valence-corrected chi connectivity index (χ0v) is 12.0. The minimum atomic E-state index is 0.798. The summed E-state index contributed by atoms with van der Waals surface area (Å²) < 4.78 is 1.01. The Morgan fingerprint density at radius 2 is 1.94 bits per heavy atom. The summed E-state index contributed by atoms with van der Waals surface area (Å²) in [4.78, 5) is 1.29. The van der Waals surface area contributed by atoms with Crippen LogP contribution in [0.2, 0.25) is 0 Å². The highest BCUT2D eigenvalue weighted by atomic mass is 79.9. The molecule has 2 rings (SSSR count). The van der Waals surface area contributed by atoms with Gasteiger partial charge in [0, 0.05) is 20.8 Å². The van der Waals surface area contributed by atoms with Gasteiger partial charge in [0.1, 0.15) is 0 Å². The molecule has 0 radical (unpaired) electrons. The number of halogens is 1. The Morgan fingerprint density at radius 1 is 1.18 bits per heavy atom. The number of aryl methyl sites for hydroxylation is 1. The van der Waals surface area contributed by atoms with Gasteiger partial charge in [-0.25, -0.2) is 0 Å². The van der Waals surface area contributed by atoms with Gasteiger partial charge < -0.3 is 5.73 Å².